The van der Waals surface area contributed by atoms with Crippen molar-refractivity contribution in [3.05, 3.63) is 131 Å². The second kappa shape index (κ2) is 10.4. The minimum absolute atomic E-state index is 0.0967. The zero-order chi connectivity index (χ0) is 28.1. The van der Waals surface area contributed by atoms with Crippen LogP contribution in [0, 0.1) is 0 Å². The molecule has 0 radical (unpaired) electrons. The molecule has 0 amide bonds. The van der Waals surface area contributed by atoms with E-state index in [1.807, 2.05) is 71.3 Å². The molecule has 0 saturated carbocycles. The Labute approximate surface area is 248 Å². The summed E-state index contributed by atoms with van der Waals surface area (Å²) in [5, 5.41) is 0. The summed E-state index contributed by atoms with van der Waals surface area (Å²) in [7, 11) is 3.25. The summed E-state index contributed by atoms with van der Waals surface area (Å²) in [5.74, 6) is 2.63. The molecule has 2 aliphatic rings. The molecule has 8 heteroatoms. The molecule has 0 fully saturated rings. The number of aryl methyl sites for hydroxylation is 1. The van der Waals surface area contributed by atoms with Gasteiger partial charge in [0.15, 0.2) is 16.3 Å². The van der Waals surface area contributed by atoms with Gasteiger partial charge in [-0.3, -0.25) is 9.36 Å². The first-order valence-corrected chi connectivity index (χ1v) is 14.9. The third-order valence-corrected chi connectivity index (χ3v) is 9.14. The van der Waals surface area contributed by atoms with Crippen LogP contribution in [0.5, 0.6) is 11.5 Å². The highest BCUT2D eigenvalue weighted by atomic mass is 79.9. The minimum atomic E-state index is -0.313. The van der Waals surface area contributed by atoms with E-state index in [2.05, 4.69) is 34.1 Å². The average molecular weight is 626 g/mol. The molecule has 6 nitrogen and oxygen atoms in total. The number of thiazole rings is 1. The van der Waals surface area contributed by atoms with Gasteiger partial charge in [0, 0.05) is 21.7 Å². The highest BCUT2D eigenvalue weighted by molar-refractivity contribution is 9.10. The number of rotatable bonds is 5. The Balaban J connectivity index is 1.40. The van der Waals surface area contributed by atoms with Crippen LogP contribution >= 0.6 is 27.3 Å². The van der Waals surface area contributed by atoms with E-state index in [1.165, 1.54) is 16.9 Å². The number of ether oxygens (including phenoxy) is 2. The summed E-state index contributed by atoms with van der Waals surface area (Å²) in [6.45, 7) is 0. The van der Waals surface area contributed by atoms with Gasteiger partial charge in [0.25, 0.3) is 5.56 Å². The number of nitrogens with zero attached hydrogens (tertiary/aromatic N) is 2. The van der Waals surface area contributed by atoms with Crippen LogP contribution in [0.1, 0.15) is 34.9 Å². The topological polar surface area (TPSA) is 66.0 Å². The molecule has 7 rings (SSSR count). The average Bonchev–Trinajstić information content (AvgIpc) is 3.60. The van der Waals surface area contributed by atoms with Gasteiger partial charge in [0.2, 0.25) is 0 Å². The SMILES string of the molecule is COc1ccc([C@H]2C3=C(N=c4s/c(=C\c5ccc(-c6ccc(Br)cc6)o5)c(=O)n42)c2ccccc2CC3)cc1OC. The van der Waals surface area contributed by atoms with Crippen LogP contribution in [0.25, 0.3) is 23.1 Å². The number of fused-ring (bicyclic) bond motifs is 3. The number of hydrogen-bond acceptors (Lipinski definition) is 6. The fourth-order valence-corrected chi connectivity index (χ4v) is 6.92. The molecule has 1 aliphatic heterocycles. The summed E-state index contributed by atoms with van der Waals surface area (Å²) in [5.41, 5.74) is 6.31. The molecule has 3 aromatic carbocycles. The van der Waals surface area contributed by atoms with Crippen molar-refractivity contribution in [3.8, 4) is 22.8 Å². The molecule has 41 heavy (non-hydrogen) atoms. The normalized spacial score (nSPS) is 16.1. The van der Waals surface area contributed by atoms with Crippen molar-refractivity contribution in [2.75, 3.05) is 14.2 Å². The quantitative estimate of drug-likeness (QED) is 0.228. The highest BCUT2D eigenvalue weighted by Crippen LogP contribution is 2.42. The fraction of sp³-hybridized carbons (Fsp3) is 0.152. The van der Waals surface area contributed by atoms with Gasteiger partial charge in [-0.2, -0.15) is 0 Å². The van der Waals surface area contributed by atoms with E-state index in [4.69, 9.17) is 18.9 Å². The Morgan fingerprint density at radius 1 is 0.976 bits per heavy atom. The van der Waals surface area contributed by atoms with E-state index in [0.717, 1.165) is 51.0 Å². The lowest BCUT2D eigenvalue weighted by Gasteiger charge is -2.31. The molecule has 1 atom stereocenters. The molecule has 0 N–H and O–H groups in total. The number of benzene rings is 3. The standard InChI is InChI=1S/C33H25BrN2O4S/c1-38-27-15-10-21(17-28(27)39-2)31-25-14-9-19-5-3-4-6-24(19)30(25)35-33-36(31)32(37)29(41-33)18-23-13-16-26(40-23)20-7-11-22(34)12-8-20/h3-8,10-13,15-18,31H,9,14H2,1-2H3/b29-18-/t31-/m0/s1. The van der Waals surface area contributed by atoms with Crippen molar-refractivity contribution in [2.45, 2.75) is 18.9 Å². The van der Waals surface area contributed by atoms with Crippen LogP contribution < -0.4 is 24.4 Å². The summed E-state index contributed by atoms with van der Waals surface area (Å²) in [4.78, 5) is 19.8. The van der Waals surface area contributed by atoms with Gasteiger partial charge in [-0.1, -0.05) is 69.7 Å². The van der Waals surface area contributed by atoms with Crippen LogP contribution in [0.15, 0.2) is 103 Å². The van der Waals surface area contributed by atoms with Gasteiger partial charge < -0.3 is 13.9 Å². The van der Waals surface area contributed by atoms with Crippen molar-refractivity contribution in [1.29, 1.82) is 0 Å². The Morgan fingerprint density at radius 3 is 2.59 bits per heavy atom. The van der Waals surface area contributed by atoms with E-state index in [1.54, 1.807) is 14.2 Å². The number of halogens is 1. The number of methoxy groups -OCH3 is 2. The predicted octanol–water partition coefficient (Wildman–Crippen LogP) is 6.36. The summed E-state index contributed by atoms with van der Waals surface area (Å²) in [6, 6.07) is 25.7. The molecule has 0 spiro atoms. The molecule has 0 bridgehead atoms. The summed E-state index contributed by atoms with van der Waals surface area (Å²) < 4.78 is 20.7. The van der Waals surface area contributed by atoms with Gasteiger partial charge >= 0.3 is 0 Å². The molecule has 0 unspecified atom stereocenters. The van der Waals surface area contributed by atoms with Crippen LogP contribution in [-0.4, -0.2) is 18.8 Å². The Kier molecular flexibility index (Phi) is 6.52. The van der Waals surface area contributed by atoms with Gasteiger partial charge in [0.1, 0.15) is 11.5 Å². The van der Waals surface area contributed by atoms with E-state index >= 15 is 0 Å². The molecule has 1 aliphatic carbocycles. The maximum Gasteiger partial charge on any atom is 0.271 e. The molecular formula is C33H25BrN2O4S. The van der Waals surface area contributed by atoms with Gasteiger partial charge in [-0.15, -0.1) is 0 Å². The minimum Gasteiger partial charge on any atom is -0.493 e. The van der Waals surface area contributed by atoms with Gasteiger partial charge in [-0.25, -0.2) is 4.99 Å². The predicted molar refractivity (Wildman–Crippen MR) is 164 cm³/mol. The second-order valence-electron chi connectivity index (χ2n) is 9.94. The Hall–Kier alpha value is -4.14. The first-order valence-electron chi connectivity index (χ1n) is 13.2. The second-order valence-corrected chi connectivity index (χ2v) is 11.9. The van der Waals surface area contributed by atoms with Crippen LogP contribution in [0.4, 0.5) is 0 Å². The van der Waals surface area contributed by atoms with Crippen LogP contribution in [0.3, 0.4) is 0 Å². The molecule has 3 heterocycles. The largest absolute Gasteiger partial charge is 0.493 e. The lowest BCUT2D eigenvalue weighted by Crippen LogP contribution is -2.38. The van der Waals surface area contributed by atoms with Crippen LogP contribution in [0.2, 0.25) is 0 Å². The first kappa shape index (κ1) is 25.8. The van der Waals surface area contributed by atoms with E-state index < -0.39 is 0 Å². The van der Waals surface area contributed by atoms with E-state index in [0.29, 0.717) is 26.6 Å². The smallest absolute Gasteiger partial charge is 0.271 e. The van der Waals surface area contributed by atoms with Crippen molar-refractivity contribution < 1.29 is 13.9 Å². The molecular weight excluding hydrogens is 600 g/mol. The molecule has 2 aromatic heterocycles. The molecule has 5 aromatic rings. The van der Waals surface area contributed by atoms with Crippen molar-refractivity contribution in [3.63, 3.8) is 0 Å². The molecule has 0 saturated heterocycles. The van der Waals surface area contributed by atoms with Crippen molar-refractivity contribution in [1.82, 2.24) is 4.57 Å². The zero-order valence-electron chi connectivity index (χ0n) is 22.4. The lowest BCUT2D eigenvalue weighted by molar-refractivity contribution is 0.354. The highest BCUT2D eigenvalue weighted by Gasteiger charge is 2.33. The number of aromatic nitrogens is 1. The summed E-state index contributed by atoms with van der Waals surface area (Å²) >= 11 is 4.86. The Bertz CT molecular complexity index is 2020. The van der Waals surface area contributed by atoms with E-state index in [-0.39, 0.29) is 11.6 Å². The van der Waals surface area contributed by atoms with Gasteiger partial charge in [0.05, 0.1) is 30.5 Å². The number of furan rings is 1. The van der Waals surface area contributed by atoms with Crippen LogP contribution in [-0.2, 0) is 6.42 Å². The number of allylic oxidation sites excluding steroid dienone is 1. The molecule has 204 valence electrons. The maximum absolute atomic E-state index is 14.1. The third kappa shape index (κ3) is 4.47. The van der Waals surface area contributed by atoms with Crippen molar-refractivity contribution in [2.24, 2.45) is 4.99 Å². The first-order chi connectivity index (χ1) is 20.0. The lowest BCUT2D eigenvalue weighted by atomic mass is 9.83. The maximum atomic E-state index is 14.1. The van der Waals surface area contributed by atoms with Crippen molar-refractivity contribution >= 4 is 39.0 Å². The summed E-state index contributed by atoms with van der Waals surface area (Å²) in [6.07, 6.45) is 3.52. The third-order valence-electron chi connectivity index (χ3n) is 7.63. The van der Waals surface area contributed by atoms with Gasteiger partial charge in [-0.05, 0) is 65.9 Å². The monoisotopic (exact) mass is 624 g/mol. The van der Waals surface area contributed by atoms with E-state index in [9.17, 15) is 4.79 Å². The Morgan fingerprint density at radius 2 is 1.78 bits per heavy atom. The zero-order valence-corrected chi connectivity index (χ0v) is 24.8. The number of hydrogen-bond donors (Lipinski definition) is 0. The fourth-order valence-electron chi connectivity index (χ4n) is 5.67.